The number of nitrogens with one attached hydrogen (secondary N) is 1. The summed E-state index contributed by atoms with van der Waals surface area (Å²) in [5.74, 6) is 0.250. The highest BCUT2D eigenvalue weighted by Crippen LogP contribution is 2.26. The Morgan fingerprint density at radius 1 is 1.40 bits per heavy atom. The molecule has 1 aromatic heterocycles. The number of carboxylic acids is 1. The predicted molar refractivity (Wildman–Crippen MR) is 81.6 cm³/mol. The summed E-state index contributed by atoms with van der Waals surface area (Å²) in [6.45, 7) is 2.25. The van der Waals surface area contributed by atoms with E-state index < -0.39 is 5.97 Å². The van der Waals surface area contributed by atoms with E-state index in [1.165, 1.54) is 35.9 Å². The Hall–Kier alpha value is -1.01. The lowest BCUT2D eigenvalue weighted by Crippen LogP contribution is -2.38. The van der Waals surface area contributed by atoms with E-state index in [1.807, 2.05) is 0 Å². The first-order chi connectivity index (χ1) is 9.54. The summed E-state index contributed by atoms with van der Waals surface area (Å²) in [7, 11) is 0. The van der Waals surface area contributed by atoms with Crippen molar-refractivity contribution >= 4 is 35.0 Å². The van der Waals surface area contributed by atoms with Crippen LogP contribution in [0, 0.1) is 5.92 Å². The Kier molecular flexibility index (Phi) is 5.48. The molecule has 0 radical (unpaired) electrons. The molecule has 0 bridgehead atoms. The first-order valence-corrected chi connectivity index (χ1v) is 8.65. The number of thioether (sulfide) groups is 1. The maximum atomic E-state index is 11.9. The zero-order chi connectivity index (χ0) is 14.5. The molecule has 1 fully saturated rings. The third-order valence-electron chi connectivity index (χ3n) is 3.54. The van der Waals surface area contributed by atoms with Gasteiger partial charge >= 0.3 is 5.97 Å². The molecule has 0 saturated heterocycles. The minimum Gasteiger partial charge on any atom is -0.477 e. The molecule has 0 aromatic carbocycles. The highest BCUT2D eigenvalue weighted by Gasteiger charge is 2.19. The van der Waals surface area contributed by atoms with Crippen LogP contribution in [0.25, 0.3) is 0 Å². The van der Waals surface area contributed by atoms with Gasteiger partial charge < -0.3 is 10.4 Å². The number of thiophene rings is 1. The second-order valence-electron chi connectivity index (χ2n) is 5.26. The van der Waals surface area contributed by atoms with E-state index in [4.69, 9.17) is 5.11 Å². The Bertz CT molecular complexity index is 479. The first-order valence-electron chi connectivity index (χ1n) is 6.78. The zero-order valence-corrected chi connectivity index (χ0v) is 13.1. The van der Waals surface area contributed by atoms with Crippen LogP contribution >= 0.6 is 23.1 Å². The third kappa shape index (κ3) is 4.52. The van der Waals surface area contributed by atoms with Gasteiger partial charge in [-0.05, 0) is 37.7 Å². The molecule has 4 nitrogen and oxygen atoms in total. The van der Waals surface area contributed by atoms with Gasteiger partial charge in [-0.1, -0.05) is 6.92 Å². The Labute approximate surface area is 127 Å². The molecule has 0 unspecified atom stereocenters. The van der Waals surface area contributed by atoms with Gasteiger partial charge in [0.2, 0.25) is 5.91 Å². The number of hydrogen-bond acceptors (Lipinski definition) is 4. The van der Waals surface area contributed by atoms with Crippen molar-refractivity contribution in [3.05, 3.63) is 16.3 Å². The van der Waals surface area contributed by atoms with Crippen LogP contribution in [0.15, 0.2) is 16.3 Å². The van der Waals surface area contributed by atoms with Crippen molar-refractivity contribution in [1.82, 2.24) is 5.32 Å². The van der Waals surface area contributed by atoms with Crippen molar-refractivity contribution in [2.24, 2.45) is 5.92 Å². The molecule has 2 N–H and O–H groups in total. The van der Waals surface area contributed by atoms with Gasteiger partial charge in [-0.2, -0.15) is 0 Å². The van der Waals surface area contributed by atoms with E-state index in [0.29, 0.717) is 16.7 Å². The fourth-order valence-electron chi connectivity index (χ4n) is 2.33. The maximum absolute atomic E-state index is 11.9. The van der Waals surface area contributed by atoms with Crippen LogP contribution < -0.4 is 5.32 Å². The van der Waals surface area contributed by atoms with Crippen LogP contribution in [0.5, 0.6) is 0 Å². The van der Waals surface area contributed by atoms with Gasteiger partial charge in [0.25, 0.3) is 0 Å². The number of hydrogen-bond donors (Lipinski definition) is 2. The van der Waals surface area contributed by atoms with E-state index in [1.54, 1.807) is 11.4 Å². The summed E-state index contributed by atoms with van der Waals surface area (Å²) < 4.78 is 0. The lowest BCUT2D eigenvalue weighted by Gasteiger charge is -2.26. The van der Waals surface area contributed by atoms with Crippen molar-refractivity contribution in [3.8, 4) is 0 Å². The third-order valence-corrected chi connectivity index (χ3v) is 5.58. The van der Waals surface area contributed by atoms with Crippen molar-refractivity contribution in [2.45, 2.75) is 43.5 Å². The Morgan fingerprint density at radius 3 is 2.70 bits per heavy atom. The average molecular weight is 313 g/mol. The predicted octanol–water partition coefficient (Wildman–Crippen LogP) is 3.23. The molecule has 1 aliphatic carbocycles. The smallest absolute Gasteiger partial charge is 0.345 e. The number of carbonyl (C=O) groups is 2. The summed E-state index contributed by atoms with van der Waals surface area (Å²) >= 11 is 2.58. The van der Waals surface area contributed by atoms with Crippen LogP contribution in [0.2, 0.25) is 0 Å². The molecular formula is C14H19NO3S2. The lowest BCUT2D eigenvalue weighted by molar-refractivity contribution is -0.119. The van der Waals surface area contributed by atoms with Gasteiger partial charge in [0, 0.05) is 16.3 Å². The van der Waals surface area contributed by atoms with Gasteiger partial charge in [0.1, 0.15) is 4.88 Å². The molecule has 0 atom stereocenters. The average Bonchev–Trinajstić information content (AvgIpc) is 2.88. The van der Waals surface area contributed by atoms with E-state index in [-0.39, 0.29) is 5.91 Å². The van der Waals surface area contributed by atoms with Gasteiger partial charge in [0.15, 0.2) is 0 Å². The van der Waals surface area contributed by atoms with Crippen molar-refractivity contribution in [2.75, 3.05) is 5.75 Å². The van der Waals surface area contributed by atoms with Gasteiger partial charge in [-0.3, -0.25) is 4.79 Å². The first kappa shape index (κ1) is 15.4. The van der Waals surface area contributed by atoms with Crippen LogP contribution in [0.4, 0.5) is 0 Å². The summed E-state index contributed by atoms with van der Waals surface area (Å²) in [6.07, 6.45) is 4.51. The fraction of sp³-hybridized carbons (Fsp3) is 0.571. The second-order valence-corrected chi connectivity index (χ2v) is 7.22. The zero-order valence-electron chi connectivity index (χ0n) is 11.4. The minimum absolute atomic E-state index is 0.0395. The highest BCUT2D eigenvalue weighted by atomic mass is 32.2. The molecular weight excluding hydrogens is 294 g/mol. The summed E-state index contributed by atoms with van der Waals surface area (Å²) in [5.41, 5.74) is 0. The number of carboxylic acid groups (broad SMARTS) is 1. The standard InChI is InChI=1S/C14H19NO3S2/c1-9-2-4-10(5-3-9)15-13(16)8-19-11-6-12(14(17)18)20-7-11/h6-7,9-10H,2-5,8H2,1H3,(H,15,16)(H,17,18). The van der Waals surface area contributed by atoms with Crippen LogP contribution in [0.3, 0.4) is 0 Å². The van der Waals surface area contributed by atoms with E-state index >= 15 is 0 Å². The molecule has 1 heterocycles. The molecule has 1 aliphatic rings. The molecule has 0 spiro atoms. The molecule has 1 amide bonds. The highest BCUT2D eigenvalue weighted by molar-refractivity contribution is 8.00. The molecule has 1 saturated carbocycles. The number of aromatic carboxylic acids is 1. The van der Waals surface area contributed by atoms with Gasteiger partial charge in [-0.25, -0.2) is 4.79 Å². The second kappa shape index (κ2) is 7.13. The quantitative estimate of drug-likeness (QED) is 0.819. The molecule has 0 aliphatic heterocycles. The Morgan fingerprint density at radius 2 is 2.10 bits per heavy atom. The maximum Gasteiger partial charge on any atom is 0.345 e. The largest absolute Gasteiger partial charge is 0.477 e. The van der Waals surface area contributed by atoms with Crippen molar-refractivity contribution in [1.29, 1.82) is 0 Å². The van der Waals surface area contributed by atoms with Gasteiger partial charge in [0.05, 0.1) is 5.75 Å². The molecule has 1 aromatic rings. The summed E-state index contributed by atoms with van der Waals surface area (Å²) in [6, 6.07) is 1.93. The van der Waals surface area contributed by atoms with E-state index in [2.05, 4.69) is 12.2 Å². The van der Waals surface area contributed by atoms with Crippen LogP contribution in [-0.2, 0) is 4.79 Å². The fourth-order valence-corrected chi connectivity index (χ4v) is 4.01. The topological polar surface area (TPSA) is 66.4 Å². The van der Waals surface area contributed by atoms with Crippen LogP contribution in [-0.4, -0.2) is 28.8 Å². The number of rotatable bonds is 5. The monoisotopic (exact) mass is 313 g/mol. The number of amides is 1. The Balaban J connectivity index is 1.73. The molecule has 2 rings (SSSR count). The van der Waals surface area contributed by atoms with E-state index in [0.717, 1.165) is 23.7 Å². The van der Waals surface area contributed by atoms with Crippen molar-refractivity contribution in [3.63, 3.8) is 0 Å². The number of carbonyl (C=O) groups excluding carboxylic acids is 1. The summed E-state index contributed by atoms with van der Waals surface area (Å²) in [4.78, 5) is 23.8. The molecule has 20 heavy (non-hydrogen) atoms. The van der Waals surface area contributed by atoms with Crippen molar-refractivity contribution < 1.29 is 14.7 Å². The lowest BCUT2D eigenvalue weighted by atomic mass is 9.87. The van der Waals surface area contributed by atoms with Gasteiger partial charge in [-0.15, -0.1) is 23.1 Å². The molecule has 6 heteroatoms. The van der Waals surface area contributed by atoms with Crippen LogP contribution in [0.1, 0.15) is 42.3 Å². The normalized spacial score (nSPS) is 22.4. The van der Waals surface area contributed by atoms with E-state index in [9.17, 15) is 9.59 Å². The SMILES string of the molecule is CC1CCC(NC(=O)CSc2csc(C(=O)O)c2)CC1. The summed E-state index contributed by atoms with van der Waals surface area (Å²) in [5, 5.41) is 13.7. The molecule has 110 valence electrons. The minimum atomic E-state index is -0.914.